The number of carbonyl (C=O) groups excluding carboxylic acids is 1. The molecule has 0 aromatic carbocycles. The van der Waals surface area contributed by atoms with E-state index >= 15 is 0 Å². The maximum atomic E-state index is 13.3. The summed E-state index contributed by atoms with van der Waals surface area (Å²) in [7, 11) is 0. The van der Waals surface area contributed by atoms with E-state index in [4.69, 9.17) is 4.74 Å². The Hall–Kier alpha value is -1.53. The minimum Gasteiger partial charge on any atom is -0.387 e. The largest absolute Gasteiger partial charge is 0.387 e. The van der Waals surface area contributed by atoms with E-state index in [0.29, 0.717) is 30.9 Å². The summed E-state index contributed by atoms with van der Waals surface area (Å²) in [6.07, 6.45) is 13.3. The molecule has 4 fully saturated rings. The smallest absolute Gasteiger partial charge is 0.229 e. The Labute approximate surface area is 198 Å². The Morgan fingerprint density at radius 3 is 2.67 bits per heavy atom. The maximum Gasteiger partial charge on any atom is 0.229 e. The van der Waals surface area contributed by atoms with Crippen molar-refractivity contribution in [3.8, 4) is 0 Å². The van der Waals surface area contributed by atoms with Gasteiger partial charge in [-0.15, -0.1) is 0 Å². The van der Waals surface area contributed by atoms with Gasteiger partial charge in [-0.3, -0.25) is 9.78 Å². The monoisotopic (exact) mass is 455 g/mol. The Balaban J connectivity index is 1.26. The summed E-state index contributed by atoms with van der Waals surface area (Å²) >= 11 is 0. The number of ether oxygens (including phenoxy) is 1. The van der Waals surface area contributed by atoms with Gasteiger partial charge in [-0.1, -0.05) is 6.92 Å². The highest BCUT2D eigenvalue weighted by molar-refractivity contribution is 5.92. The first-order valence-electron chi connectivity index (χ1n) is 13.2. The first-order chi connectivity index (χ1) is 15.8. The number of aromatic nitrogens is 2. The summed E-state index contributed by atoms with van der Waals surface area (Å²) in [6.45, 7) is 7.46. The van der Waals surface area contributed by atoms with Crippen LogP contribution in [-0.4, -0.2) is 39.8 Å². The first-order valence-corrected chi connectivity index (χ1v) is 13.2. The van der Waals surface area contributed by atoms with E-state index in [1.165, 1.54) is 25.7 Å². The number of rotatable bonds is 5. The third-order valence-electron chi connectivity index (χ3n) is 10.0. The number of anilines is 1. The molecule has 33 heavy (non-hydrogen) atoms. The molecule has 1 amide bonds. The number of hydrogen-bond acceptors (Lipinski definition) is 5. The Kier molecular flexibility index (Phi) is 6.28. The van der Waals surface area contributed by atoms with Crippen molar-refractivity contribution in [2.45, 2.75) is 84.2 Å². The van der Waals surface area contributed by atoms with Crippen LogP contribution in [-0.2, 0) is 9.53 Å². The van der Waals surface area contributed by atoms with Crippen LogP contribution in [0.2, 0.25) is 0 Å². The lowest BCUT2D eigenvalue weighted by Crippen LogP contribution is -2.52. The van der Waals surface area contributed by atoms with Crippen molar-refractivity contribution >= 4 is 11.7 Å². The highest BCUT2D eigenvalue weighted by atomic mass is 16.5. The SMILES string of the molecule is CCOC[C@@]1(O)CC[C@H]2[C@H](CC[C@@H]3[C@@H]2CC[C@]2(C)[C@@H](C(=O)Nc4cnc(C)cn4)CC[C@@H]32)C1. The number of nitrogens with one attached hydrogen (secondary N) is 1. The third-order valence-corrected chi connectivity index (χ3v) is 10.0. The maximum absolute atomic E-state index is 13.3. The summed E-state index contributed by atoms with van der Waals surface area (Å²) in [5.41, 5.74) is 0.317. The molecule has 1 aromatic heterocycles. The molecule has 8 atom stereocenters. The van der Waals surface area contributed by atoms with Gasteiger partial charge in [0.15, 0.2) is 5.82 Å². The molecule has 4 saturated carbocycles. The highest BCUT2D eigenvalue weighted by Gasteiger charge is 2.59. The van der Waals surface area contributed by atoms with Crippen molar-refractivity contribution in [1.29, 1.82) is 0 Å². The molecule has 2 N–H and O–H groups in total. The molecular weight excluding hydrogens is 414 g/mol. The number of nitrogens with zero attached hydrogens (tertiary/aromatic N) is 2. The minimum atomic E-state index is -0.622. The second-order valence-electron chi connectivity index (χ2n) is 11.7. The lowest BCUT2D eigenvalue weighted by molar-refractivity contribution is -0.135. The third kappa shape index (κ3) is 4.22. The van der Waals surface area contributed by atoms with Gasteiger partial charge in [-0.25, -0.2) is 4.98 Å². The van der Waals surface area contributed by atoms with Gasteiger partial charge in [0.1, 0.15) is 0 Å². The molecule has 4 aliphatic carbocycles. The average Bonchev–Trinajstić information content (AvgIpc) is 3.16. The van der Waals surface area contributed by atoms with E-state index in [1.807, 2.05) is 13.8 Å². The van der Waals surface area contributed by atoms with Crippen molar-refractivity contribution in [2.75, 3.05) is 18.5 Å². The normalized spacial score (nSPS) is 42.2. The van der Waals surface area contributed by atoms with Gasteiger partial charge in [0.05, 0.1) is 30.3 Å². The Morgan fingerprint density at radius 2 is 1.91 bits per heavy atom. The van der Waals surface area contributed by atoms with Gasteiger partial charge in [0.2, 0.25) is 5.91 Å². The summed E-state index contributed by atoms with van der Waals surface area (Å²) < 4.78 is 5.62. The predicted molar refractivity (Wildman–Crippen MR) is 127 cm³/mol. The molecular formula is C27H41N3O3. The molecule has 6 nitrogen and oxygen atoms in total. The molecule has 0 radical (unpaired) electrons. The van der Waals surface area contributed by atoms with E-state index in [1.54, 1.807) is 12.4 Å². The summed E-state index contributed by atoms with van der Waals surface area (Å²) in [5, 5.41) is 14.1. The molecule has 0 spiro atoms. The number of amides is 1. The second-order valence-corrected chi connectivity index (χ2v) is 11.7. The van der Waals surface area contributed by atoms with Crippen molar-refractivity contribution in [2.24, 2.45) is 40.9 Å². The van der Waals surface area contributed by atoms with Gasteiger partial charge in [0.25, 0.3) is 0 Å². The van der Waals surface area contributed by atoms with Crippen LogP contribution in [0.15, 0.2) is 12.4 Å². The minimum absolute atomic E-state index is 0.0620. The predicted octanol–water partition coefficient (Wildman–Crippen LogP) is 4.76. The molecule has 0 bridgehead atoms. The van der Waals surface area contributed by atoms with Crippen LogP contribution in [0.25, 0.3) is 0 Å². The lowest BCUT2D eigenvalue weighted by atomic mass is 9.49. The average molecular weight is 456 g/mol. The Bertz CT molecular complexity index is 861. The second kappa shape index (κ2) is 8.92. The van der Waals surface area contributed by atoms with Crippen molar-refractivity contribution < 1.29 is 14.6 Å². The van der Waals surface area contributed by atoms with E-state index in [-0.39, 0.29) is 17.2 Å². The van der Waals surface area contributed by atoms with E-state index in [9.17, 15) is 9.90 Å². The van der Waals surface area contributed by atoms with E-state index < -0.39 is 5.60 Å². The zero-order valence-electron chi connectivity index (χ0n) is 20.6. The van der Waals surface area contributed by atoms with Crippen LogP contribution < -0.4 is 5.32 Å². The topological polar surface area (TPSA) is 84.3 Å². The van der Waals surface area contributed by atoms with Crippen molar-refractivity contribution in [3.05, 3.63) is 18.1 Å². The van der Waals surface area contributed by atoms with Gasteiger partial charge < -0.3 is 15.2 Å². The van der Waals surface area contributed by atoms with Crippen LogP contribution in [0.5, 0.6) is 0 Å². The van der Waals surface area contributed by atoms with Gasteiger partial charge in [-0.2, -0.15) is 0 Å². The van der Waals surface area contributed by atoms with Gasteiger partial charge in [-0.05, 0) is 107 Å². The van der Waals surface area contributed by atoms with Crippen LogP contribution in [0, 0.1) is 47.8 Å². The van der Waals surface area contributed by atoms with Crippen molar-refractivity contribution in [1.82, 2.24) is 9.97 Å². The van der Waals surface area contributed by atoms with Gasteiger partial charge >= 0.3 is 0 Å². The zero-order valence-corrected chi connectivity index (χ0v) is 20.6. The molecule has 4 aliphatic rings. The fourth-order valence-electron chi connectivity index (χ4n) is 8.49. The highest BCUT2D eigenvalue weighted by Crippen LogP contribution is 2.64. The summed E-state index contributed by atoms with van der Waals surface area (Å²) in [5.74, 6) is 4.27. The summed E-state index contributed by atoms with van der Waals surface area (Å²) in [4.78, 5) is 21.9. The van der Waals surface area contributed by atoms with Crippen LogP contribution in [0.1, 0.15) is 77.3 Å². The summed E-state index contributed by atoms with van der Waals surface area (Å²) in [6, 6.07) is 0. The number of aryl methyl sites for hydroxylation is 1. The van der Waals surface area contributed by atoms with Crippen LogP contribution in [0.3, 0.4) is 0 Å². The fraction of sp³-hybridized carbons (Fsp3) is 0.815. The molecule has 5 rings (SSSR count). The van der Waals surface area contributed by atoms with Crippen LogP contribution in [0.4, 0.5) is 5.82 Å². The molecule has 1 aromatic rings. The fourth-order valence-corrected chi connectivity index (χ4v) is 8.49. The molecule has 0 saturated heterocycles. The number of fused-ring (bicyclic) bond motifs is 5. The van der Waals surface area contributed by atoms with Crippen molar-refractivity contribution in [3.63, 3.8) is 0 Å². The number of carbonyl (C=O) groups is 1. The van der Waals surface area contributed by atoms with E-state index in [2.05, 4.69) is 22.2 Å². The number of aliphatic hydroxyl groups is 1. The molecule has 0 unspecified atom stereocenters. The molecule has 0 aliphatic heterocycles. The lowest BCUT2D eigenvalue weighted by Gasteiger charge is -2.57. The molecule has 182 valence electrons. The zero-order chi connectivity index (χ0) is 23.2. The van der Waals surface area contributed by atoms with Crippen LogP contribution >= 0.6 is 0 Å². The van der Waals surface area contributed by atoms with Gasteiger partial charge in [0, 0.05) is 12.5 Å². The molecule has 6 heteroatoms. The quantitative estimate of drug-likeness (QED) is 0.669. The van der Waals surface area contributed by atoms with E-state index in [0.717, 1.165) is 55.6 Å². The number of hydrogen-bond donors (Lipinski definition) is 2. The first kappa shape index (κ1) is 23.2. The standard InChI is InChI=1S/C27H41N3O3/c1-4-33-16-27(32)12-10-19-18(13-27)5-6-21-20(19)9-11-26(3)22(21)7-8-23(26)25(31)30-24-15-28-17(2)14-29-24/h14-15,18-23,32H,4-13,16H2,1-3H3,(H,29,30,31)/t18-,19+,20-,21-,22+,23-,26+,27-/m1/s1. The molecule has 1 heterocycles. The Morgan fingerprint density at radius 1 is 1.09 bits per heavy atom.